The van der Waals surface area contributed by atoms with Crippen LogP contribution in [0.1, 0.15) is 128 Å². The first-order chi connectivity index (χ1) is 42.2. The minimum Gasteiger partial charge on any atom is -0.509 e. The number of para-hydroxylation sites is 1. The summed E-state index contributed by atoms with van der Waals surface area (Å²) in [6, 6.07) is 86.2. The van der Waals surface area contributed by atoms with Crippen molar-refractivity contribution in [3.8, 4) is 61.8 Å². The molecular formula is C83H73N4OPt-3. The smallest absolute Gasteiger partial charge is 0.135 e. The Bertz CT molecular complexity index is 4730. The van der Waals surface area contributed by atoms with Crippen molar-refractivity contribution in [1.82, 2.24) is 9.55 Å². The maximum atomic E-state index is 7.05. The Labute approximate surface area is 540 Å². The summed E-state index contributed by atoms with van der Waals surface area (Å²) in [4.78, 5) is 9.85. The Balaban J connectivity index is 0.00000694. The molecule has 10 aromatic carbocycles. The molecule has 0 atom stereocenters. The number of rotatable bonds is 7. The van der Waals surface area contributed by atoms with E-state index < -0.39 is 5.41 Å². The second kappa shape index (κ2) is 20.9. The van der Waals surface area contributed by atoms with Crippen molar-refractivity contribution in [2.45, 2.75) is 110 Å². The quantitative estimate of drug-likeness (QED) is 0.149. The van der Waals surface area contributed by atoms with Crippen molar-refractivity contribution in [3.63, 3.8) is 0 Å². The summed E-state index contributed by atoms with van der Waals surface area (Å²) in [6.45, 7) is 29.8. The molecular weight excluding hydrogens is 1260 g/mol. The van der Waals surface area contributed by atoms with Crippen LogP contribution in [0.4, 0.5) is 22.7 Å². The molecule has 0 bridgehead atoms. The molecule has 0 amide bonds. The van der Waals surface area contributed by atoms with E-state index in [1.165, 1.54) is 77.7 Å². The molecule has 444 valence electrons. The van der Waals surface area contributed by atoms with E-state index in [9.17, 15) is 0 Å². The van der Waals surface area contributed by atoms with Crippen LogP contribution in [0.3, 0.4) is 0 Å². The standard InChI is InChI=1S/C83H73N4O.Pt/c1-79(2,3)54-36-40-71-74(47-54)86(78-61(52-24-14-13-15-25-52)31-23-32-62(78)53-44-56(81(7,8)9)46-57(45-53)82(10,11)12)51-85(71)58-26-22-27-59(49-58)88-60-37-38-66-73(50-60)87(75-48-55(42-43-84-75)80(4,5)6)72-41-39-70-76(77(66)72)65-30-18-21-35-69(65)83(70)67-33-19-16-28-63(67)64-29-17-20-34-68(64)83;/h13-48,51H,1-12H3;/q-3;. The van der Waals surface area contributed by atoms with Crippen LogP contribution in [0.15, 0.2) is 219 Å². The normalized spacial score (nSPS) is 14.0. The number of fused-ring (bicyclic) bond motifs is 15. The molecule has 3 heterocycles. The van der Waals surface area contributed by atoms with Gasteiger partial charge in [0.1, 0.15) is 5.82 Å². The molecule has 0 saturated carbocycles. The number of aromatic nitrogens is 2. The maximum absolute atomic E-state index is 7.05. The summed E-state index contributed by atoms with van der Waals surface area (Å²) < 4.78 is 9.35. The number of benzene rings is 10. The third-order valence-corrected chi connectivity index (χ3v) is 18.8. The van der Waals surface area contributed by atoms with Gasteiger partial charge in [0.15, 0.2) is 0 Å². The molecule has 2 aliphatic carbocycles. The molecule has 12 aromatic rings. The monoisotopic (exact) mass is 1340 g/mol. The number of pyridine rings is 1. The van der Waals surface area contributed by atoms with Crippen LogP contribution >= 0.6 is 0 Å². The molecule has 89 heavy (non-hydrogen) atoms. The number of hydrogen-bond donors (Lipinski definition) is 0. The first-order valence-electron chi connectivity index (χ1n) is 31.1. The van der Waals surface area contributed by atoms with Gasteiger partial charge in [-0.2, -0.15) is 12.1 Å². The molecule has 6 heteroatoms. The minimum absolute atomic E-state index is 0. The fraction of sp³-hybridized carbons (Fsp3) is 0.205. The van der Waals surface area contributed by atoms with Gasteiger partial charge in [-0.1, -0.05) is 240 Å². The Hall–Kier alpha value is -8.76. The second-order valence-electron chi connectivity index (χ2n) is 28.5. The van der Waals surface area contributed by atoms with E-state index >= 15 is 0 Å². The van der Waals surface area contributed by atoms with Crippen molar-refractivity contribution >= 4 is 44.6 Å². The van der Waals surface area contributed by atoms with Crippen LogP contribution in [0, 0.1) is 18.8 Å². The Kier molecular flexibility index (Phi) is 13.6. The van der Waals surface area contributed by atoms with Crippen molar-refractivity contribution in [2.24, 2.45) is 0 Å². The van der Waals surface area contributed by atoms with Crippen molar-refractivity contribution in [2.75, 3.05) is 9.80 Å². The van der Waals surface area contributed by atoms with Crippen LogP contribution in [0.2, 0.25) is 0 Å². The van der Waals surface area contributed by atoms with Crippen LogP contribution in [-0.4, -0.2) is 9.55 Å². The van der Waals surface area contributed by atoms with Crippen LogP contribution in [0.5, 0.6) is 11.5 Å². The molecule has 0 N–H and O–H groups in total. The molecule has 2 aromatic heterocycles. The first kappa shape index (κ1) is 58.0. The van der Waals surface area contributed by atoms with E-state index in [4.69, 9.17) is 9.72 Å². The summed E-state index contributed by atoms with van der Waals surface area (Å²) in [5.74, 6) is 2.00. The predicted molar refractivity (Wildman–Crippen MR) is 366 cm³/mol. The van der Waals surface area contributed by atoms with Crippen LogP contribution < -0.4 is 14.5 Å². The first-order valence-corrected chi connectivity index (χ1v) is 31.1. The number of ether oxygens (including phenoxy) is 1. The summed E-state index contributed by atoms with van der Waals surface area (Å²) in [5.41, 5.74) is 25.3. The van der Waals surface area contributed by atoms with Gasteiger partial charge in [-0.3, -0.25) is 0 Å². The van der Waals surface area contributed by atoms with Crippen molar-refractivity contribution in [3.05, 3.63) is 282 Å². The Morgan fingerprint density at radius 1 is 0.427 bits per heavy atom. The zero-order valence-corrected chi connectivity index (χ0v) is 55.1. The average Bonchev–Trinajstić information content (AvgIpc) is 1.50. The van der Waals surface area contributed by atoms with Crippen LogP contribution in [-0.2, 0) is 48.1 Å². The van der Waals surface area contributed by atoms with Crippen molar-refractivity contribution in [1.29, 1.82) is 0 Å². The third kappa shape index (κ3) is 9.32. The average molecular weight is 1340 g/mol. The summed E-state index contributed by atoms with van der Waals surface area (Å²) in [6.07, 6.45) is 1.95. The fourth-order valence-electron chi connectivity index (χ4n) is 14.2. The molecule has 1 spiro atoms. The molecule has 0 fully saturated rings. The van der Waals surface area contributed by atoms with Gasteiger partial charge in [-0.05, 0) is 135 Å². The third-order valence-electron chi connectivity index (χ3n) is 18.8. The number of nitrogens with zero attached hydrogens (tertiary/aromatic N) is 4. The SMILES string of the molecule is CC(C)(C)c1cc(-c2cccc(-c3ccccc3)c2N2[CH-]N(c3[c-]c(Oc4[c-]c5c(cc4)c4c6c(ccc4n5-c4cc(C(C)(C)C)ccn4)C4(c5ccccc5-c5ccccc54)c4ccccc4-6)ccc3)c3ccc(C(C)(C)C)cc32)cc(C(C)(C)C)c1.[Pt]. The molecule has 5 nitrogen and oxygen atoms in total. The van der Waals surface area contributed by atoms with Crippen molar-refractivity contribution < 1.29 is 25.8 Å². The van der Waals surface area contributed by atoms with Gasteiger partial charge in [-0.25, -0.2) is 4.98 Å². The Morgan fingerprint density at radius 3 is 1.64 bits per heavy atom. The molecule has 3 aliphatic rings. The van der Waals surface area contributed by atoms with Gasteiger partial charge in [0, 0.05) is 72.5 Å². The maximum Gasteiger partial charge on any atom is 0.135 e. The van der Waals surface area contributed by atoms with Gasteiger partial charge in [-0.15, -0.1) is 48.1 Å². The van der Waals surface area contributed by atoms with E-state index in [0.717, 1.165) is 61.7 Å². The topological polar surface area (TPSA) is 33.5 Å². The van der Waals surface area contributed by atoms with E-state index in [-0.39, 0.29) is 42.7 Å². The van der Waals surface area contributed by atoms with Gasteiger partial charge < -0.3 is 19.1 Å². The molecule has 0 radical (unpaired) electrons. The van der Waals surface area contributed by atoms with Gasteiger partial charge in [0.25, 0.3) is 0 Å². The van der Waals surface area contributed by atoms with Gasteiger partial charge in [0.05, 0.1) is 5.41 Å². The fourth-order valence-corrected chi connectivity index (χ4v) is 14.2. The van der Waals surface area contributed by atoms with E-state index in [1.807, 2.05) is 12.3 Å². The Morgan fingerprint density at radius 2 is 0.989 bits per heavy atom. The summed E-state index contributed by atoms with van der Waals surface area (Å²) >= 11 is 0. The summed E-state index contributed by atoms with van der Waals surface area (Å²) in [5, 5.41) is 2.26. The van der Waals surface area contributed by atoms with Crippen LogP contribution in [0.25, 0.3) is 72.1 Å². The molecule has 1 aliphatic heterocycles. The number of anilines is 4. The number of hydrogen-bond acceptors (Lipinski definition) is 4. The van der Waals surface area contributed by atoms with Gasteiger partial charge >= 0.3 is 0 Å². The predicted octanol–water partition coefficient (Wildman–Crippen LogP) is 21.8. The molecule has 0 saturated heterocycles. The van der Waals surface area contributed by atoms with E-state index in [0.29, 0.717) is 11.5 Å². The van der Waals surface area contributed by atoms with E-state index in [2.05, 4.69) is 323 Å². The molecule has 0 unspecified atom stereocenters. The molecule has 15 rings (SSSR count). The minimum atomic E-state index is -0.485. The van der Waals surface area contributed by atoms with E-state index in [1.54, 1.807) is 0 Å². The summed E-state index contributed by atoms with van der Waals surface area (Å²) in [7, 11) is 0. The largest absolute Gasteiger partial charge is 0.509 e. The zero-order chi connectivity index (χ0) is 60.8. The second-order valence-corrected chi connectivity index (χ2v) is 28.5. The van der Waals surface area contributed by atoms with Gasteiger partial charge in [0.2, 0.25) is 0 Å². The zero-order valence-electron chi connectivity index (χ0n) is 52.9.